The fourth-order valence-corrected chi connectivity index (χ4v) is 7.08. The SMILES string of the molecule is CCOc1ccc(NC(=O)CN2CCC[C@H]2c2cccs2)cc1S(=O)(=O)N1CCCCC1. The molecule has 1 N–H and O–H groups in total. The van der Waals surface area contributed by atoms with Crippen LogP contribution in [0.15, 0.2) is 40.6 Å². The smallest absolute Gasteiger partial charge is 0.246 e. The van der Waals surface area contributed by atoms with Gasteiger partial charge in [0.2, 0.25) is 15.9 Å². The standard InChI is InChI=1S/C23H31N3O4S2/c1-2-30-20-11-10-18(16-22(20)32(28,29)26-13-4-3-5-14-26)24-23(27)17-25-12-6-8-19(25)21-9-7-15-31-21/h7,9-11,15-16,19H,2-6,8,12-14,17H2,1H3,(H,24,27)/t19-/m0/s1. The van der Waals surface area contributed by atoms with Crippen LogP contribution in [-0.4, -0.2) is 56.3 Å². The fraction of sp³-hybridized carbons (Fsp3) is 0.522. The molecule has 3 heterocycles. The maximum absolute atomic E-state index is 13.3. The Bertz CT molecular complexity index is 1020. The Morgan fingerprint density at radius 3 is 2.69 bits per heavy atom. The van der Waals surface area contributed by atoms with E-state index in [2.05, 4.69) is 21.7 Å². The van der Waals surface area contributed by atoms with Crippen molar-refractivity contribution in [1.82, 2.24) is 9.21 Å². The number of hydrogen-bond acceptors (Lipinski definition) is 6. The Hall–Kier alpha value is -1.94. The number of thiophene rings is 1. The number of piperidine rings is 1. The predicted octanol–water partition coefficient (Wildman–Crippen LogP) is 4.10. The minimum atomic E-state index is -3.69. The summed E-state index contributed by atoms with van der Waals surface area (Å²) >= 11 is 1.72. The quantitative estimate of drug-likeness (QED) is 0.619. The van der Waals surface area contributed by atoms with Crippen LogP contribution in [0.5, 0.6) is 5.75 Å². The molecule has 9 heteroatoms. The van der Waals surface area contributed by atoms with Gasteiger partial charge in [-0.25, -0.2) is 8.42 Å². The summed E-state index contributed by atoms with van der Waals surface area (Å²) in [6.07, 6.45) is 4.89. The van der Waals surface area contributed by atoms with E-state index >= 15 is 0 Å². The molecule has 32 heavy (non-hydrogen) atoms. The van der Waals surface area contributed by atoms with Gasteiger partial charge in [-0.2, -0.15) is 4.31 Å². The van der Waals surface area contributed by atoms with E-state index in [1.807, 2.05) is 13.0 Å². The summed E-state index contributed by atoms with van der Waals surface area (Å²) in [5.41, 5.74) is 0.473. The summed E-state index contributed by atoms with van der Waals surface area (Å²) in [5, 5.41) is 4.97. The first-order valence-corrected chi connectivity index (χ1v) is 13.7. The Balaban J connectivity index is 1.50. The molecule has 2 aliphatic rings. The Kier molecular flexibility index (Phi) is 7.50. The third-order valence-electron chi connectivity index (χ3n) is 6.04. The third-order valence-corrected chi connectivity index (χ3v) is 8.94. The Labute approximate surface area is 194 Å². The molecule has 7 nitrogen and oxygen atoms in total. The third kappa shape index (κ3) is 5.17. The van der Waals surface area contributed by atoms with Crippen LogP contribution in [0.3, 0.4) is 0 Å². The number of amides is 1. The molecular weight excluding hydrogens is 446 g/mol. The summed E-state index contributed by atoms with van der Waals surface area (Å²) in [6, 6.07) is 9.32. The van der Waals surface area contributed by atoms with Gasteiger partial charge in [0.25, 0.3) is 0 Å². The summed E-state index contributed by atoms with van der Waals surface area (Å²) in [6.45, 7) is 4.39. The van der Waals surface area contributed by atoms with Gasteiger partial charge >= 0.3 is 0 Å². The second-order valence-electron chi connectivity index (χ2n) is 8.25. The van der Waals surface area contributed by atoms with Crippen LogP contribution in [0.1, 0.15) is 49.9 Å². The van der Waals surface area contributed by atoms with E-state index < -0.39 is 10.0 Å². The molecule has 2 aromatic rings. The number of ether oxygens (including phenoxy) is 1. The van der Waals surface area contributed by atoms with Crippen molar-refractivity contribution in [3.8, 4) is 5.75 Å². The number of nitrogens with one attached hydrogen (secondary N) is 1. The van der Waals surface area contributed by atoms with Crippen LogP contribution in [0.2, 0.25) is 0 Å². The lowest BCUT2D eigenvalue weighted by Crippen LogP contribution is -2.36. The van der Waals surface area contributed by atoms with Gasteiger partial charge < -0.3 is 10.1 Å². The fourth-order valence-electron chi connectivity index (χ4n) is 4.51. The molecule has 2 saturated heterocycles. The van der Waals surface area contributed by atoms with Crippen molar-refractivity contribution in [2.75, 3.05) is 38.1 Å². The molecule has 174 valence electrons. The molecule has 1 aromatic carbocycles. The molecule has 0 radical (unpaired) electrons. The number of carbonyl (C=O) groups excluding carboxylic acids is 1. The molecule has 2 fully saturated rings. The van der Waals surface area contributed by atoms with Crippen molar-refractivity contribution in [2.45, 2.75) is 50.0 Å². The molecule has 0 bridgehead atoms. The molecule has 0 unspecified atom stereocenters. The van der Waals surface area contributed by atoms with Crippen molar-refractivity contribution in [1.29, 1.82) is 0 Å². The number of sulfonamides is 1. The Morgan fingerprint density at radius 1 is 1.16 bits per heavy atom. The van der Waals surface area contributed by atoms with Gasteiger partial charge in [-0.15, -0.1) is 11.3 Å². The summed E-state index contributed by atoms with van der Waals surface area (Å²) < 4.78 is 33.7. The Morgan fingerprint density at radius 2 is 1.97 bits per heavy atom. The van der Waals surface area contributed by atoms with Gasteiger partial charge in [-0.05, 0) is 68.8 Å². The largest absolute Gasteiger partial charge is 0.492 e. The van der Waals surface area contributed by atoms with Gasteiger partial charge in [0.15, 0.2) is 0 Å². The van der Waals surface area contributed by atoms with Crippen LogP contribution >= 0.6 is 11.3 Å². The number of benzene rings is 1. The normalized spacial score (nSPS) is 20.3. The van der Waals surface area contributed by atoms with E-state index in [0.29, 0.717) is 31.1 Å². The van der Waals surface area contributed by atoms with Gasteiger partial charge in [-0.3, -0.25) is 9.69 Å². The molecule has 2 aliphatic heterocycles. The minimum Gasteiger partial charge on any atom is -0.492 e. The average Bonchev–Trinajstić information content (AvgIpc) is 3.47. The van der Waals surface area contributed by atoms with Crippen molar-refractivity contribution < 1.29 is 17.9 Å². The first-order chi connectivity index (χ1) is 15.5. The second-order valence-corrected chi connectivity index (χ2v) is 11.1. The number of hydrogen-bond donors (Lipinski definition) is 1. The highest BCUT2D eigenvalue weighted by Crippen LogP contribution is 2.35. The molecule has 4 rings (SSSR count). The van der Waals surface area contributed by atoms with E-state index in [1.54, 1.807) is 23.5 Å². The molecule has 0 spiro atoms. The van der Waals surface area contributed by atoms with Crippen LogP contribution in [0.25, 0.3) is 0 Å². The molecule has 1 amide bonds. The first-order valence-electron chi connectivity index (χ1n) is 11.3. The van der Waals surface area contributed by atoms with Crippen molar-refractivity contribution in [3.63, 3.8) is 0 Å². The van der Waals surface area contributed by atoms with Gasteiger partial charge in [0, 0.05) is 29.7 Å². The topological polar surface area (TPSA) is 79.0 Å². The van der Waals surface area contributed by atoms with Crippen LogP contribution < -0.4 is 10.1 Å². The van der Waals surface area contributed by atoms with Crippen molar-refractivity contribution in [3.05, 3.63) is 40.6 Å². The van der Waals surface area contributed by atoms with E-state index in [4.69, 9.17) is 4.74 Å². The lowest BCUT2D eigenvalue weighted by molar-refractivity contribution is -0.117. The zero-order valence-electron chi connectivity index (χ0n) is 18.5. The van der Waals surface area contributed by atoms with Gasteiger partial charge in [0.05, 0.1) is 13.2 Å². The number of nitrogens with zero attached hydrogens (tertiary/aromatic N) is 2. The summed E-state index contributed by atoms with van der Waals surface area (Å²) in [7, 11) is -3.69. The monoisotopic (exact) mass is 477 g/mol. The average molecular weight is 478 g/mol. The predicted molar refractivity (Wildman–Crippen MR) is 127 cm³/mol. The number of likely N-dealkylation sites (tertiary alicyclic amines) is 1. The highest BCUT2D eigenvalue weighted by Gasteiger charge is 2.30. The molecular formula is C23H31N3O4S2. The van der Waals surface area contributed by atoms with Gasteiger partial charge in [-0.1, -0.05) is 12.5 Å². The number of anilines is 1. The first kappa shape index (κ1) is 23.2. The summed E-state index contributed by atoms with van der Waals surface area (Å²) in [4.78, 5) is 16.4. The second kappa shape index (κ2) is 10.3. The van der Waals surface area contributed by atoms with Crippen LogP contribution in [0.4, 0.5) is 5.69 Å². The van der Waals surface area contributed by atoms with Crippen LogP contribution in [0, 0.1) is 0 Å². The minimum absolute atomic E-state index is 0.122. The number of carbonyl (C=O) groups is 1. The number of rotatable bonds is 8. The van der Waals surface area contributed by atoms with Gasteiger partial charge in [0.1, 0.15) is 10.6 Å². The zero-order valence-corrected chi connectivity index (χ0v) is 20.1. The molecule has 0 aliphatic carbocycles. The molecule has 0 saturated carbocycles. The van der Waals surface area contributed by atoms with E-state index in [0.717, 1.165) is 38.6 Å². The lowest BCUT2D eigenvalue weighted by atomic mass is 10.2. The van der Waals surface area contributed by atoms with Crippen molar-refractivity contribution >= 4 is 33.0 Å². The van der Waals surface area contributed by atoms with Crippen molar-refractivity contribution in [2.24, 2.45) is 0 Å². The highest BCUT2D eigenvalue weighted by molar-refractivity contribution is 7.89. The lowest BCUT2D eigenvalue weighted by Gasteiger charge is -2.27. The van der Waals surface area contributed by atoms with E-state index in [1.165, 1.54) is 15.2 Å². The maximum Gasteiger partial charge on any atom is 0.246 e. The summed E-state index contributed by atoms with van der Waals surface area (Å²) in [5.74, 6) is 0.187. The highest BCUT2D eigenvalue weighted by atomic mass is 32.2. The molecule has 1 atom stereocenters. The van der Waals surface area contributed by atoms with Crippen LogP contribution in [-0.2, 0) is 14.8 Å². The molecule has 1 aromatic heterocycles. The maximum atomic E-state index is 13.3. The van der Waals surface area contributed by atoms with E-state index in [-0.39, 0.29) is 23.4 Å². The zero-order chi connectivity index (χ0) is 22.6. The van der Waals surface area contributed by atoms with E-state index in [9.17, 15) is 13.2 Å².